The molecule has 0 saturated carbocycles. The first-order chi connectivity index (χ1) is 13.0. The zero-order valence-electron chi connectivity index (χ0n) is 15.3. The van der Waals surface area contributed by atoms with Gasteiger partial charge in [-0.1, -0.05) is 53.2 Å². The van der Waals surface area contributed by atoms with E-state index in [1.807, 2.05) is 67.1 Å². The Kier molecular flexibility index (Phi) is 6.53. The molecule has 0 atom stereocenters. The highest BCUT2D eigenvalue weighted by molar-refractivity contribution is 7.98. The largest absolute Gasteiger partial charge is 0.352 e. The van der Waals surface area contributed by atoms with Gasteiger partial charge in [0.05, 0.1) is 0 Å². The number of carbonyl (C=O) groups is 1. The summed E-state index contributed by atoms with van der Waals surface area (Å²) in [7, 11) is 1.94. The molecule has 0 aliphatic rings. The van der Waals surface area contributed by atoms with Crippen molar-refractivity contribution >= 4 is 29.3 Å². The molecule has 0 spiro atoms. The molecule has 27 heavy (non-hydrogen) atoms. The van der Waals surface area contributed by atoms with Gasteiger partial charge < -0.3 is 9.88 Å². The first kappa shape index (κ1) is 19.5. The maximum absolute atomic E-state index is 12.2. The molecular formula is C20H21ClN4OS. The van der Waals surface area contributed by atoms with Crippen LogP contribution in [0.3, 0.4) is 0 Å². The summed E-state index contributed by atoms with van der Waals surface area (Å²) < 4.78 is 1.97. The molecule has 0 saturated heterocycles. The number of hydrogen-bond donors (Lipinski definition) is 1. The van der Waals surface area contributed by atoms with E-state index in [-0.39, 0.29) is 5.91 Å². The third kappa shape index (κ3) is 5.34. The standard InChI is InChI=1S/C20H21ClN4OS/c1-14-6-8-16(9-7-14)19(26)22-11-10-18-23-24-20(25(18)2)27-13-15-4-3-5-17(21)12-15/h3-9,12H,10-11,13H2,1-2H3,(H,22,26). The first-order valence-corrected chi connectivity index (χ1v) is 9.99. The molecule has 2 aromatic carbocycles. The molecule has 3 rings (SSSR count). The summed E-state index contributed by atoms with van der Waals surface area (Å²) in [5.41, 5.74) is 2.94. The number of nitrogens with one attached hydrogen (secondary N) is 1. The number of hydrogen-bond acceptors (Lipinski definition) is 4. The quantitative estimate of drug-likeness (QED) is 0.608. The van der Waals surface area contributed by atoms with E-state index in [2.05, 4.69) is 15.5 Å². The van der Waals surface area contributed by atoms with Gasteiger partial charge in [0.2, 0.25) is 0 Å². The Morgan fingerprint density at radius 3 is 2.70 bits per heavy atom. The number of nitrogens with zero attached hydrogens (tertiary/aromatic N) is 3. The van der Waals surface area contributed by atoms with Crippen molar-refractivity contribution in [1.29, 1.82) is 0 Å². The molecule has 3 aromatic rings. The predicted molar refractivity (Wildman–Crippen MR) is 109 cm³/mol. The summed E-state index contributed by atoms with van der Waals surface area (Å²) in [5, 5.41) is 13.0. The average molecular weight is 401 g/mol. The van der Waals surface area contributed by atoms with Gasteiger partial charge >= 0.3 is 0 Å². The van der Waals surface area contributed by atoms with E-state index in [0.29, 0.717) is 18.5 Å². The van der Waals surface area contributed by atoms with Gasteiger partial charge in [-0.3, -0.25) is 4.79 Å². The fourth-order valence-corrected chi connectivity index (χ4v) is 3.64. The molecule has 1 heterocycles. The zero-order valence-corrected chi connectivity index (χ0v) is 16.8. The summed E-state index contributed by atoms with van der Waals surface area (Å²) in [6.45, 7) is 2.51. The lowest BCUT2D eigenvalue weighted by Gasteiger charge is -2.06. The van der Waals surface area contributed by atoms with Crippen LogP contribution in [0.25, 0.3) is 0 Å². The van der Waals surface area contributed by atoms with E-state index in [1.54, 1.807) is 11.8 Å². The molecule has 0 bridgehead atoms. The number of thioether (sulfide) groups is 1. The molecule has 1 N–H and O–H groups in total. The van der Waals surface area contributed by atoms with Crippen LogP contribution in [-0.2, 0) is 19.2 Å². The lowest BCUT2D eigenvalue weighted by atomic mass is 10.1. The van der Waals surface area contributed by atoms with Crippen molar-refractivity contribution in [2.45, 2.75) is 24.3 Å². The molecule has 7 heteroatoms. The van der Waals surface area contributed by atoms with Crippen LogP contribution in [0.5, 0.6) is 0 Å². The number of carbonyl (C=O) groups excluding carboxylic acids is 1. The van der Waals surface area contributed by atoms with Crippen molar-refractivity contribution in [2.24, 2.45) is 7.05 Å². The van der Waals surface area contributed by atoms with Crippen LogP contribution in [0.15, 0.2) is 53.7 Å². The SMILES string of the molecule is Cc1ccc(C(=O)NCCc2nnc(SCc3cccc(Cl)c3)n2C)cc1. The summed E-state index contributed by atoms with van der Waals surface area (Å²) in [6.07, 6.45) is 0.624. The molecule has 1 amide bonds. The maximum Gasteiger partial charge on any atom is 0.251 e. The molecule has 0 unspecified atom stereocenters. The molecule has 0 aliphatic carbocycles. The van der Waals surface area contributed by atoms with Gasteiger partial charge in [0.25, 0.3) is 5.91 Å². The minimum atomic E-state index is -0.0762. The third-order valence-electron chi connectivity index (χ3n) is 4.13. The number of rotatable bonds is 7. The van der Waals surface area contributed by atoms with Crippen LogP contribution in [0, 0.1) is 6.92 Å². The monoisotopic (exact) mass is 400 g/mol. The smallest absolute Gasteiger partial charge is 0.251 e. The zero-order chi connectivity index (χ0) is 19.2. The van der Waals surface area contributed by atoms with Crippen LogP contribution in [0.1, 0.15) is 27.3 Å². The van der Waals surface area contributed by atoms with Gasteiger partial charge in [0.15, 0.2) is 5.16 Å². The number of amides is 1. The second-order valence-electron chi connectivity index (χ2n) is 6.25. The number of aryl methyl sites for hydroxylation is 1. The Hall–Kier alpha value is -2.31. The van der Waals surface area contributed by atoms with E-state index in [0.717, 1.165) is 32.9 Å². The highest BCUT2D eigenvalue weighted by Gasteiger charge is 2.11. The van der Waals surface area contributed by atoms with Crippen molar-refractivity contribution in [3.05, 3.63) is 76.1 Å². The lowest BCUT2D eigenvalue weighted by molar-refractivity contribution is 0.0954. The van der Waals surface area contributed by atoms with Crippen molar-refractivity contribution in [2.75, 3.05) is 6.54 Å². The second kappa shape index (κ2) is 9.06. The average Bonchev–Trinajstić information content (AvgIpc) is 3.00. The van der Waals surface area contributed by atoms with Crippen molar-refractivity contribution in [3.8, 4) is 0 Å². The summed E-state index contributed by atoms with van der Waals surface area (Å²) in [6, 6.07) is 15.3. The minimum absolute atomic E-state index is 0.0762. The predicted octanol–water partition coefficient (Wildman–Crippen LogP) is 4.04. The molecular weight excluding hydrogens is 380 g/mol. The fraction of sp³-hybridized carbons (Fsp3) is 0.250. The van der Waals surface area contributed by atoms with Crippen LogP contribution >= 0.6 is 23.4 Å². The van der Waals surface area contributed by atoms with Crippen LogP contribution in [0.4, 0.5) is 0 Å². The van der Waals surface area contributed by atoms with Gasteiger partial charge in [0, 0.05) is 36.4 Å². The Morgan fingerprint density at radius 2 is 1.96 bits per heavy atom. The van der Waals surface area contributed by atoms with Gasteiger partial charge in [-0.15, -0.1) is 10.2 Å². The van der Waals surface area contributed by atoms with Crippen LogP contribution in [-0.4, -0.2) is 27.2 Å². The topological polar surface area (TPSA) is 59.8 Å². The highest BCUT2D eigenvalue weighted by atomic mass is 35.5. The van der Waals surface area contributed by atoms with Crippen LogP contribution in [0.2, 0.25) is 5.02 Å². The molecule has 140 valence electrons. The van der Waals surface area contributed by atoms with E-state index in [1.165, 1.54) is 0 Å². The Balaban J connectivity index is 1.51. The first-order valence-electron chi connectivity index (χ1n) is 8.63. The van der Waals surface area contributed by atoms with Crippen molar-refractivity contribution in [3.63, 3.8) is 0 Å². The minimum Gasteiger partial charge on any atom is -0.352 e. The Labute approximate surface area is 168 Å². The summed E-state index contributed by atoms with van der Waals surface area (Å²) in [4.78, 5) is 12.2. The Morgan fingerprint density at radius 1 is 1.19 bits per heavy atom. The second-order valence-corrected chi connectivity index (χ2v) is 7.63. The van der Waals surface area contributed by atoms with Gasteiger partial charge in [-0.05, 0) is 36.8 Å². The summed E-state index contributed by atoms with van der Waals surface area (Å²) in [5.74, 6) is 1.54. The number of aromatic nitrogens is 3. The third-order valence-corrected chi connectivity index (χ3v) is 5.46. The van der Waals surface area contributed by atoms with Crippen molar-refractivity contribution < 1.29 is 4.79 Å². The summed E-state index contributed by atoms with van der Waals surface area (Å²) >= 11 is 7.63. The van der Waals surface area contributed by atoms with Crippen LogP contribution < -0.4 is 5.32 Å². The molecule has 0 fully saturated rings. The highest BCUT2D eigenvalue weighted by Crippen LogP contribution is 2.22. The Bertz CT molecular complexity index is 924. The lowest BCUT2D eigenvalue weighted by Crippen LogP contribution is -2.26. The maximum atomic E-state index is 12.2. The molecule has 0 radical (unpaired) electrons. The van der Waals surface area contributed by atoms with Gasteiger partial charge in [0.1, 0.15) is 5.82 Å². The molecule has 5 nitrogen and oxygen atoms in total. The normalized spacial score (nSPS) is 10.8. The van der Waals surface area contributed by atoms with E-state index in [4.69, 9.17) is 11.6 Å². The molecule has 0 aliphatic heterocycles. The fourth-order valence-electron chi connectivity index (χ4n) is 2.56. The molecule has 1 aromatic heterocycles. The van der Waals surface area contributed by atoms with E-state index >= 15 is 0 Å². The van der Waals surface area contributed by atoms with E-state index < -0.39 is 0 Å². The van der Waals surface area contributed by atoms with E-state index in [9.17, 15) is 4.79 Å². The van der Waals surface area contributed by atoms with Gasteiger partial charge in [-0.25, -0.2) is 0 Å². The van der Waals surface area contributed by atoms with Crippen molar-refractivity contribution in [1.82, 2.24) is 20.1 Å². The van der Waals surface area contributed by atoms with Gasteiger partial charge in [-0.2, -0.15) is 0 Å². The number of benzene rings is 2. The number of halogens is 1.